The van der Waals surface area contributed by atoms with Gasteiger partial charge in [-0.1, -0.05) is 0 Å². The normalized spacial score (nSPS) is 15.8. The van der Waals surface area contributed by atoms with E-state index in [1.54, 1.807) is 55.2 Å². The second-order valence-electron chi connectivity index (χ2n) is 6.95. The molecule has 1 amide bonds. The van der Waals surface area contributed by atoms with Crippen molar-refractivity contribution >= 4 is 5.91 Å². The quantitative estimate of drug-likeness (QED) is 0.616. The summed E-state index contributed by atoms with van der Waals surface area (Å²) in [6.07, 6.45) is 2.21. The lowest BCUT2D eigenvalue weighted by Gasteiger charge is -2.16. The van der Waals surface area contributed by atoms with Crippen LogP contribution in [0.1, 0.15) is 16.9 Å². The van der Waals surface area contributed by atoms with E-state index in [1.165, 1.54) is 0 Å². The van der Waals surface area contributed by atoms with Crippen LogP contribution in [0.5, 0.6) is 17.4 Å². The maximum atomic E-state index is 13.1. The number of benzene rings is 1. The van der Waals surface area contributed by atoms with Gasteiger partial charge in [-0.25, -0.2) is 0 Å². The Labute approximate surface area is 174 Å². The lowest BCUT2D eigenvalue weighted by Crippen LogP contribution is -2.32. The zero-order chi connectivity index (χ0) is 21.1. The molecule has 3 heterocycles. The molecule has 0 aliphatic carbocycles. The monoisotopic (exact) mass is 409 g/mol. The second kappa shape index (κ2) is 8.40. The van der Waals surface area contributed by atoms with Gasteiger partial charge >= 0.3 is 0 Å². The molecule has 30 heavy (non-hydrogen) atoms. The molecule has 1 aliphatic rings. The van der Waals surface area contributed by atoms with Crippen molar-refractivity contribution in [1.29, 1.82) is 0 Å². The Morgan fingerprint density at radius 1 is 1.17 bits per heavy atom. The Morgan fingerprint density at radius 2 is 2.03 bits per heavy atom. The fourth-order valence-corrected chi connectivity index (χ4v) is 3.51. The SMILES string of the molecule is COc1ccc(OC)c(-c2cc(C(=O)N3CCC(Oc4cccnn4)C3)n(C)n2)c1. The van der Waals surface area contributed by atoms with Crippen LogP contribution in [-0.2, 0) is 7.05 Å². The number of hydrogen-bond donors (Lipinski definition) is 0. The molecule has 1 aliphatic heterocycles. The van der Waals surface area contributed by atoms with Gasteiger partial charge in [0.05, 0.1) is 26.5 Å². The molecule has 156 valence electrons. The number of aromatic nitrogens is 4. The van der Waals surface area contributed by atoms with Gasteiger partial charge in [-0.3, -0.25) is 9.48 Å². The number of hydrogen-bond acceptors (Lipinski definition) is 7. The molecule has 1 atom stereocenters. The largest absolute Gasteiger partial charge is 0.497 e. The molecule has 1 fully saturated rings. The summed E-state index contributed by atoms with van der Waals surface area (Å²) in [5.74, 6) is 1.72. The first-order valence-electron chi connectivity index (χ1n) is 9.59. The van der Waals surface area contributed by atoms with Crippen LogP contribution in [0.25, 0.3) is 11.3 Å². The predicted octanol–water partition coefficient (Wildman–Crippen LogP) is 2.19. The number of nitrogens with zero attached hydrogens (tertiary/aromatic N) is 5. The van der Waals surface area contributed by atoms with E-state index < -0.39 is 0 Å². The highest BCUT2D eigenvalue weighted by atomic mass is 16.5. The van der Waals surface area contributed by atoms with Crippen molar-refractivity contribution < 1.29 is 19.0 Å². The van der Waals surface area contributed by atoms with Crippen molar-refractivity contribution in [2.45, 2.75) is 12.5 Å². The van der Waals surface area contributed by atoms with E-state index in [-0.39, 0.29) is 12.0 Å². The summed E-state index contributed by atoms with van der Waals surface area (Å²) in [6, 6.07) is 10.8. The molecule has 4 rings (SSSR count). The number of rotatable bonds is 6. The Kier molecular flexibility index (Phi) is 5.51. The molecule has 1 unspecified atom stereocenters. The van der Waals surface area contributed by atoms with Crippen LogP contribution in [0, 0.1) is 0 Å². The van der Waals surface area contributed by atoms with Gasteiger partial charge < -0.3 is 19.1 Å². The van der Waals surface area contributed by atoms with Gasteiger partial charge in [0.1, 0.15) is 23.3 Å². The number of carbonyl (C=O) groups excluding carboxylic acids is 1. The Balaban J connectivity index is 1.52. The first kappa shape index (κ1) is 19.7. The van der Waals surface area contributed by atoms with Crippen LogP contribution >= 0.6 is 0 Å². The Morgan fingerprint density at radius 3 is 2.77 bits per heavy atom. The molecule has 0 N–H and O–H groups in total. The van der Waals surface area contributed by atoms with Crippen LogP contribution in [0.2, 0.25) is 0 Å². The van der Waals surface area contributed by atoms with E-state index in [4.69, 9.17) is 14.2 Å². The number of ether oxygens (including phenoxy) is 3. The van der Waals surface area contributed by atoms with E-state index >= 15 is 0 Å². The summed E-state index contributed by atoms with van der Waals surface area (Å²) in [7, 11) is 4.96. The average Bonchev–Trinajstić information content (AvgIpc) is 3.40. The van der Waals surface area contributed by atoms with Gasteiger partial charge in [0, 0.05) is 37.8 Å². The maximum absolute atomic E-state index is 13.1. The summed E-state index contributed by atoms with van der Waals surface area (Å²) >= 11 is 0. The third-order valence-electron chi connectivity index (χ3n) is 5.05. The van der Waals surface area contributed by atoms with E-state index in [0.29, 0.717) is 41.9 Å². The Hall–Kier alpha value is -3.62. The van der Waals surface area contributed by atoms with E-state index in [2.05, 4.69) is 15.3 Å². The summed E-state index contributed by atoms with van der Waals surface area (Å²) < 4.78 is 18.2. The van der Waals surface area contributed by atoms with Crippen LogP contribution in [0.4, 0.5) is 0 Å². The van der Waals surface area contributed by atoms with Crippen molar-refractivity contribution in [3.8, 4) is 28.6 Å². The lowest BCUT2D eigenvalue weighted by atomic mass is 10.1. The molecule has 9 nitrogen and oxygen atoms in total. The highest BCUT2D eigenvalue weighted by Crippen LogP contribution is 2.33. The molecule has 2 aromatic heterocycles. The van der Waals surface area contributed by atoms with Gasteiger partial charge in [0.15, 0.2) is 0 Å². The van der Waals surface area contributed by atoms with Crippen LogP contribution in [0.3, 0.4) is 0 Å². The highest BCUT2D eigenvalue weighted by Gasteiger charge is 2.30. The minimum absolute atomic E-state index is 0.0941. The molecule has 0 spiro atoms. The number of aryl methyl sites for hydroxylation is 1. The van der Waals surface area contributed by atoms with Crippen molar-refractivity contribution in [3.63, 3.8) is 0 Å². The second-order valence-corrected chi connectivity index (χ2v) is 6.95. The minimum Gasteiger partial charge on any atom is -0.497 e. The topological polar surface area (TPSA) is 91.6 Å². The maximum Gasteiger partial charge on any atom is 0.272 e. The Bertz CT molecular complexity index is 1040. The fourth-order valence-electron chi connectivity index (χ4n) is 3.51. The average molecular weight is 409 g/mol. The molecular formula is C21H23N5O4. The van der Waals surface area contributed by atoms with Crippen LogP contribution in [-0.4, -0.2) is 64.2 Å². The molecule has 1 aromatic carbocycles. The number of amides is 1. The van der Waals surface area contributed by atoms with Crippen molar-refractivity contribution in [2.24, 2.45) is 7.05 Å². The third kappa shape index (κ3) is 3.91. The number of methoxy groups -OCH3 is 2. The first-order valence-corrected chi connectivity index (χ1v) is 9.59. The zero-order valence-electron chi connectivity index (χ0n) is 17.1. The van der Waals surface area contributed by atoms with E-state index in [9.17, 15) is 4.79 Å². The summed E-state index contributed by atoms with van der Waals surface area (Å²) in [4.78, 5) is 14.9. The molecule has 1 saturated heterocycles. The van der Waals surface area contributed by atoms with Gasteiger partial charge in [-0.05, 0) is 30.3 Å². The predicted molar refractivity (Wildman–Crippen MR) is 109 cm³/mol. The van der Waals surface area contributed by atoms with Gasteiger partial charge in [0.2, 0.25) is 5.88 Å². The molecule has 0 bridgehead atoms. The molecule has 0 saturated carbocycles. The first-order chi connectivity index (χ1) is 14.6. The van der Waals surface area contributed by atoms with Gasteiger partial charge in [0.25, 0.3) is 5.91 Å². The number of likely N-dealkylation sites (tertiary alicyclic amines) is 1. The van der Waals surface area contributed by atoms with E-state index in [1.807, 2.05) is 18.2 Å². The molecular weight excluding hydrogens is 386 g/mol. The zero-order valence-corrected chi connectivity index (χ0v) is 17.1. The van der Waals surface area contributed by atoms with Crippen molar-refractivity contribution in [2.75, 3.05) is 27.3 Å². The molecule has 3 aromatic rings. The standard InChI is InChI=1S/C21H23N5O4/c1-25-18(12-17(24-25)16-11-14(28-2)6-7-19(16)29-3)21(27)26-10-8-15(13-26)30-20-5-4-9-22-23-20/h4-7,9,11-12,15H,8,10,13H2,1-3H3. The number of carbonyl (C=O) groups is 1. The third-order valence-corrected chi connectivity index (χ3v) is 5.05. The minimum atomic E-state index is -0.114. The van der Waals surface area contributed by atoms with Gasteiger partial charge in [-0.15, -0.1) is 5.10 Å². The molecule has 0 radical (unpaired) electrons. The summed E-state index contributed by atoms with van der Waals surface area (Å²) in [5.41, 5.74) is 1.90. The highest BCUT2D eigenvalue weighted by molar-refractivity contribution is 5.94. The summed E-state index contributed by atoms with van der Waals surface area (Å²) in [5, 5.41) is 12.3. The van der Waals surface area contributed by atoms with Crippen LogP contribution < -0.4 is 14.2 Å². The van der Waals surface area contributed by atoms with Gasteiger partial charge in [-0.2, -0.15) is 10.2 Å². The summed E-state index contributed by atoms with van der Waals surface area (Å²) in [6.45, 7) is 1.09. The van der Waals surface area contributed by atoms with E-state index in [0.717, 1.165) is 12.0 Å². The molecule has 9 heteroatoms. The fraction of sp³-hybridized carbons (Fsp3) is 0.333. The van der Waals surface area contributed by atoms with Crippen molar-refractivity contribution in [1.82, 2.24) is 24.9 Å². The van der Waals surface area contributed by atoms with Crippen molar-refractivity contribution in [3.05, 3.63) is 48.3 Å². The van der Waals surface area contributed by atoms with Crippen LogP contribution in [0.15, 0.2) is 42.6 Å². The lowest BCUT2D eigenvalue weighted by molar-refractivity contribution is 0.0760. The smallest absolute Gasteiger partial charge is 0.272 e.